The molecule has 0 aliphatic carbocycles. The lowest BCUT2D eigenvalue weighted by Gasteiger charge is -2.26. The molecule has 0 aliphatic heterocycles. The first-order valence-electron chi connectivity index (χ1n) is 6.02. The van der Waals surface area contributed by atoms with Crippen molar-refractivity contribution in [2.45, 2.75) is 26.4 Å². The van der Waals surface area contributed by atoms with E-state index in [2.05, 4.69) is 10.3 Å². The number of likely N-dealkylation sites (N-methyl/N-ethyl adjacent to an activating group) is 1. The molecule has 1 heterocycles. The zero-order chi connectivity index (χ0) is 13.8. The Labute approximate surface area is 108 Å². The van der Waals surface area contributed by atoms with Crippen molar-refractivity contribution in [3.8, 4) is 0 Å². The summed E-state index contributed by atoms with van der Waals surface area (Å²) in [5, 5.41) is 12.8. The lowest BCUT2D eigenvalue weighted by Crippen LogP contribution is -2.40. The third-order valence-electron chi connectivity index (χ3n) is 2.35. The van der Waals surface area contributed by atoms with E-state index in [-0.39, 0.29) is 12.5 Å². The number of carbonyl (C=O) groups is 1. The first-order chi connectivity index (χ1) is 8.35. The molecule has 0 unspecified atom stereocenters. The average Bonchev–Trinajstić information content (AvgIpc) is 2.27. The number of anilines is 1. The molecule has 0 bridgehead atoms. The fraction of sp³-hybridized carbons (Fsp3) is 0.538. The summed E-state index contributed by atoms with van der Waals surface area (Å²) in [6, 6.07) is 3.46. The fourth-order valence-electron chi connectivity index (χ4n) is 1.74. The van der Waals surface area contributed by atoms with Crippen LogP contribution in [-0.2, 0) is 0 Å². The number of nitrogens with zero attached hydrogens (tertiary/aromatic N) is 2. The van der Waals surface area contributed by atoms with E-state index in [4.69, 9.17) is 0 Å². The second-order valence-corrected chi connectivity index (χ2v) is 4.90. The molecule has 0 aliphatic rings. The Kier molecular flexibility index (Phi) is 4.67. The van der Waals surface area contributed by atoms with Crippen LogP contribution in [-0.4, -0.2) is 46.6 Å². The molecular weight excluding hydrogens is 230 g/mol. The first-order valence-corrected chi connectivity index (χ1v) is 6.02. The van der Waals surface area contributed by atoms with Gasteiger partial charge in [-0.1, -0.05) is 0 Å². The maximum Gasteiger partial charge on any atom is 0.257 e. The van der Waals surface area contributed by atoms with Crippen LogP contribution in [0.5, 0.6) is 0 Å². The van der Waals surface area contributed by atoms with E-state index < -0.39 is 5.60 Å². The van der Waals surface area contributed by atoms with Crippen molar-refractivity contribution in [3.05, 3.63) is 23.9 Å². The molecule has 1 rings (SSSR count). The number of amides is 1. The molecule has 100 valence electrons. The van der Waals surface area contributed by atoms with Gasteiger partial charge in [0.25, 0.3) is 5.91 Å². The van der Waals surface area contributed by atoms with Gasteiger partial charge in [0, 0.05) is 26.3 Å². The van der Waals surface area contributed by atoms with Crippen molar-refractivity contribution >= 4 is 11.7 Å². The van der Waals surface area contributed by atoms with Gasteiger partial charge in [0.1, 0.15) is 5.82 Å². The van der Waals surface area contributed by atoms with Gasteiger partial charge < -0.3 is 15.3 Å². The zero-order valence-electron chi connectivity index (χ0n) is 11.4. The molecular formula is C13H21N3O2. The molecule has 0 fully saturated rings. The maximum absolute atomic E-state index is 12.3. The van der Waals surface area contributed by atoms with Crippen molar-refractivity contribution in [3.63, 3.8) is 0 Å². The summed E-state index contributed by atoms with van der Waals surface area (Å²) >= 11 is 0. The highest BCUT2D eigenvalue weighted by molar-refractivity contribution is 5.98. The second-order valence-electron chi connectivity index (χ2n) is 4.90. The summed E-state index contributed by atoms with van der Waals surface area (Å²) in [7, 11) is 1.67. The van der Waals surface area contributed by atoms with Gasteiger partial charge in [0.05, 0.1) is 11.2 Å². The Hall–Kier alpha value is -1.62. The van der Waals surface area contributed by atoms with Crippen molar-refractivity contribution in [2.75, 3.05) is 25.5 Å². The molecule has 18 heavy (non-hydrogen) atoms. The van der Waals surface area contributed by atoms with Gasteiger partial charge >= 0.3 is 0 Å². The van der Waals surface area contributed by atoms with Gasteiger partial charge in [0.2, 0.25) is 0 Å². The van der Waals surface area contributed by atoms with Crippen LogP contribution in [0.4, 0.5) is 5.82 Å². The topological polar surface area (TPSA) is 65.5 Å². The molecule has 1 aromatic rings. The van der Waals surface area contributed by atoms with E-state index in [1.807, 2.05) is 6.92 Å². The van der Waals surface area contributed by atoms with Crippen molar-refractivity contribution in [1.29, 1.82) is 0 Å². The van der Waals surface area contributed by atoms with Crippen LogP contribution in [0.1, 0.15) is 31.1 Å². The average molecular weight is 251 g/mol. The minimum absolute atomic E-state index is 0.152. The molecule has 2 N–H and O–H groups in total. The number of aromatic nitrogens is 1. The van der Waals surface area contributed by atoms with E-state index in [1.54, 1.807) is 39.2 Å². The van der Waals surface area contributed by atoms with Crippen LogP contribution in [0.25, 0.3) is 0 Å². The minimum atomic E-state index is -0.912. The Morgan fingerprint density at radius 2 is 2.22 bits per heavy atom. The van der Waals surface area contributed by atoms with Crippen LogP contribution < -0.4 is 5.32 Å². The predicted octanol–water partition coefficient (Wildman–Crippen LogP) is 1.36. The summed E-state index contributed by atoms with van der Waals surface area (Å²) in [5.74, 6) is 0.425. The summed E-state index contributed by atoms with van der Waals surface area (Å²) in [4.78, 5) is 17.9. The SMILES string of the molecule is CCNc1ncccc1C(=O)N(C)CC(C)(C)O. The smallest absolute Gasteiger partial charge is 0.257 e. The summed E-state index contributed by atoms with van der Waals surface area (Å²) in [5.41, 5.74) is -0.392. The maximum atomic E-state index is 12.3. The van der Waals surface area contributed by atoms with Crippen LogP contribution >= 0.6 is 0 Å². The molecule has 0 atom stereocenters. The van der Waals surface area contributed by atoms with Gasteiger partial charge in [-0.05, 0) is 32.9 Å². The highest BCUT2D eigenvalue weighted by Crippen LogP contribution is 2.15. The van der Waals surface area contributed by atoms with Gasteiger partial charge in [-0.3, -0.25) is 4.79 Å². The van der Waals surface area contributed by atoms with Crippen molar-refractivity contribution in [1.82, 2.24) is 9.88 Å². The number of aliphatic hydroxyl groups is 1. The van der Waals surface area contributed by atoms with E-state index in [1.165, 1.54) is 4.90 Å². The highest BCUT2D eigenvalue weighted by atomic mass is 16.3. The lowest BCUT2D eigenvalue weighted by molar-refractivity contribution is 0.0368. The number of rotatable bonds is 5. The fourth-order valence-corrected chi connectivity index (χ4v) is 1.74. The number of nitrogens with one attached hydrogen (secondary N) is 1. The monoisotopic (exact) mass is 251 g/mol. The zero-order valence-corrected chi connectivity index (χ0v) is 11.4. The normalized spacial score (nSPS) is 11.2. The quantitative estimate of drug-likeness (QED) is 0.829. The molecule has 0 saturated heterocycles. The van der Waals surface area contributed by atoms with Gasteiger partial charge in [-0.15, -0.1) is 0 Å². The van der Waals surface area contributed by atoms with Crippen molar-refractivity contribution < 1.29 is 9.90 Å². The third-order valence-corrected chi connectivity index (χ3v) is 2.35. The Morgan fingerprint density at radius 1 is 1.56 bits per heavy atom. The largest absolute Gasteiger partial charge is 0.389 e. The van der Waals surface area contributed by atoms with E-state index in [0.717, 1.165) is 0 Å². The van der Waals surface area contributed by atoms with Gasteiger partial charge in [-0.2, -0.15) is 0 Å². The van der Waals surface area contributed by atoms with E-state index >= 15 is 0 Å². The molecule has 0 radical (unpaired) electrons. The molecule has 0 saturated carbocycles. The molecule has 1 amide bonds. The Balaban J connectivity index is 2.89. The van der Waals surface area contributed by atoms with E-state index in [9.17, 15) is 9.90 Å². The van der Waals surface area contributed by atoms with E-state index in [0.29, 0.717) is 17.9 Å². The van der Waals surface area contributed by atoms with Crippen LogP contribution in [0.2, 0.25) is 0 Å². The number of hydrogen-bond donors (Lipinski definition) is 2. The standard InChI is InChI=1S/C13H21N3O2/c1-5-14-11-10(7-6-8-15-11)12(17)16(4)9-13(2,3)18/h6-8,18H,5,9H2,1-4H3,(H,14,15). The third kappa shape index (κ3) is 4.00. The lowest BCUT2D eigenvalue weighted by atomic mass is 10.1. The Morgan fingerprint density at radius 3 is 2.78 bits per heavy atom. The van der Waals surface area contributed by atoms with Crippen LogP contribution in [0, 0.1) is 0 Å². The molecule has 5 nitrogen and oxygen atoms in total. The summed E-state index contributed by atoms with van der Waals surface area (Å²) in [6.45, 7) is 6.26. The van der Waals surface area contributed by atoms with Gasteiger partial charge in [0.15, 0.2) is 0 Å². The number of hydrogen-bond acceptors (Lipinski definition) is 4. The number of carbonyl (C=O) groups excluding carboxylic acids is 1. The first kappa shape index (κ1) is 14.4. The molecule has 0 aromatic carbocycles. The highest BCUT2D eigenvalue weighted by Gasteiger charge is 2.22. The van der Waals surface area contributed by atoms with Crippen molar-refractivity contribution in [2.24, 2.45) is 0 Å². The van der Waals surface area contributed by atoms with Crippen LogP contribution in [0.3, 0.4) is 0 Å². The summed E-state index contributed by atoms with van der Waals surface area (Å²) in [6.07, 6.45) is 1.64. The molecule has 0 spiro atoms. The van der Waals surface area contributed by atoms with Crippen LogP contribution in [0.15, 0.2) is 18.3 Å². The number of pyridine rings is 1. The predicted molar refractivity (Wildman–Crippen MR) is 71.7 cm³/mol. The summed E-state index contributed by atoms with van der Waals surface area (Å²) < 4.78 is 0. The second kappa shape index (κ2) is 5.82. The minimum Gasteiger partial charge on any atom is -0.389 e. The van der Waals surface area contributed by atoms with Gasteiger partial charge in [-0.25, -0.2) is 4.98 Å². The Bertz CT molecular complexity index is 413. The molecule has 5 heteroatoms. The molecule has 1 aromatic heterocycles.